The Kier molecular flexibility index (Phi) is 19.0. The van der Waals surface area contributed by atoms with Crippen LogP contribution in [0.5, 0.6) is 0 Å². The van der Waals surface area contributed by atoms with Gasteiger partial charge in [-0.25, -0.2) is 4.79 Å². The van der Waals surface area contributed by atoms with Gasteiger partial charge in [0, 0.05) is 0 Å². The molecule has 0 aromatic rings. The Morgan fingerprint density at radius 2 is 1.24 bits per heavy atom. The Balaban J connectivity index is 5.12. The van der Waals surface area contributed by atoms with Crippen molar-refractivity contribution < 1.29 is 34.1 Å². The van der Waals surface area contributed by atoms with Crippen LogP contribution in [0.4, 0.5) is 4.79 Å². The Morgan fingerprint density at radius 1 is 0.758 bits per heavy atom. The van der Waals surface area contributed by atoms with E-state index in [0.717, 1.165) is 64.2 Å². The lowest BCUT2D eigenvalue weighted by Gasteiger charge is -2.28. The minimum Gasteiger partial charge on any atom is -0.481 e. The molecule has 33 heavy (non-hydrogen) atoms. The van der Waals surface area contributed by atoms with E-state index >= 15 is 0 Å². The summed E-state index contributed by atoms with van der Waals surface area (Å²) in [5, 5.41) is 19.6. The average Bonchev–Trinajstić information content (AvgIpc) is 2.75. The molecule has 0 radical (unpaired) electrons. The van der Waals surface area contributed by atoms with Crippen molar-refractivity contribution in [3.05, 3.63) is 0 Å². The monoisotopic (exact) mass is 492 g/mol. The quantitative estimate of drug-likeness (QED) is 0.0985. The molecule has 0 aliphatic carbocycles. The first-order chi connectivity index (χ1) is 15.8. The largest absolute Gasteiger partial charge is 0.509 e. The Hall–Kier alpha value is -1.50. The van der Waals surface area contributed by atoms with Crippen molar-refractivity contribution in [1.29, 1.82) is 0 Å². The third-order valence-corrected chi connectivity index (χ3v) is 6.39. The summed E-state index contributed by atoms with van der Waals surface area (Å²) < 4.78 is 9.97. The summed E-state index contributed by atoms with van der Waals surface area (Å²) in [7, 11) is 0. The highest BCUT2D eigenvalue weighted by molar-refractivity contribution is 6.17. The van der Waals surface area contributed by atoms with Crippen molar-refractivity contribution in [2.24, 2.45) is 17.8 Å². The maximum atomic E-state index is 12.1. The van der Waals surface area contributed by atoms with Crippen LogP contribution < -0.4 is 0 Å². The van der Waals surface area contributed by atoms with Gasteiger partial charge in [0.25, 0.3) is 0 Å². The molecule has 0 bridgehead atoms. The molecule has 4 atom stereocenters. The van der Waals surface area contributed by atoms with Crippen LogP contribution in [-0.2, 0) is 19.1 Å². The van der Waals surface area contributed by atoms with E-state index in [-0.39, 0.29) is 18.4 Å². The van der Waals surface area contributed by atoms with Gasteiger partial charge in [0.05, 0.1) is 11.8 Å². The normalized spacial score (nSPS) is 14.8. The molecule has 0 aliphatic rings. The van der Waals surface area contributed by atoms with E-state index in [1.165, 1.54) is 6.42 Å². The van der Waals surface area contributed by atoms with Crippen molar-refractivity contribution in [2.45, 2.75) is 117 Å². The van der Waals surface area contributed by atoms with E-state index in [1.807, 2.05) is 0 Å². The number of ether oxygens (including phenoxy) is 2. The van der Waals surface area contributed by atoms with E-state index in [9.17, 15) is 24.6 Å². The molecular formula is C25H45ClO7. The summed E-state index contributed by atoms with van der Waals surface area (Å²) in [5.41, 5.74) is 0. The Labute approximate surface area is 204 Å². The molecule has 8 heteroatoms. The van der Waals surface area contributed by atoms with Gasteiger partial charge >= 0.3 is 18.1 Å². The van der Waals surface area contributed by atoms with Crippen LogP contribution in [0.2, 0.25) is 0 Å². The van der Waals surface area contributed by atoms with Gasteiger partial charge in [-0.2, -0.15) is 0 Å². The molecule has 194 valence electrons. The predicted molar refractivity (Wildman–Crippen MR) is 129 cm³/mol. The molecule has 0 rings (SSSR count). The molecule has 0 saturated heterocycles. The predicted octanol–water partition coefficient (Wildman–Crippen LogP) is 7.24. The zero-order chi connectivity index (χ0) is 25.1. The number of unbranched alkanes of at least 4 members (excludes halogenated alkanes) is 9. The van der Waals surface area contributed by atoms with E-state index in [4.69, 9.17) is 16.3 Å². The fourth-order valence-electron chi connectivity index (χ4n) is 4.27. The van der Waals surface area contributed by atoms with E-state index in [1.54, 1.807) is 6.92 Å². The first kappa shape index (κ1) is 31.5. The fraction of sp³-hybridized carbons (Fsp3) is 0.880. The summed E-state index contributed by atoms with van der Waals surface area (Å²) in [6, 6.07) is -0.379. The van der Waals surface area contributed by atoms with E-state index in [2.05, 4.69) is 18.6 Å². The van der Waals surface area contributed by atoms with Gasteiger partial charge in [-0.05, 0) is 31.6 Å². The van der Waals surface area contributed by atoms with Gasteiger partial charge in [-0.15, -0.1) is 0 Å². The molecule has 0 aromatic carbocycles. The number of carboxylic acids is 2. The number of hydrogen-bond acceptors (Lipinski definition) is 5. The van der Waals surface area contributed by atoms with Crippen molar-refractivity contribution in [3.8, 4) is 0 Å². The highest BCUT2D eigenvalue weighted by Gasteiger charge is 2.36. The first-order valence-electron chi connectivity index (χ1n) is 12.6. The number of hydrogen-bond donors (Lipinski definition) is 2. The minimum atomic E-state index is -1.09. The summed E-state index contributed by atoms with van der Waals surface area (Å²) in [4.78, 5) is 35.9. The first-order valence-corrected chi connectivity index (χ1v) is 13.2. The standard InChI is InChI=1S/C25H45ClO7/c1-4-6-8-10-12-13-15-20(23(27)28)19(3)17-21(24(29)30)22(33-25(31)32-18-26)16-14-11-9-7-5-2/h19-22H,4-18H2,1-3H3,(H,27,28)(H,29,30)/t19?,20-,21?,22?/m1/s1. The lowest BCUT2D eigenvalue weighted by molar-refractivity contribution is -0.150. The second-order valence-corrected chi connectivity index (χ2v) is 9.24. The minimum absolute atomic E-state index is 0.121. The molecule has 0 spiro atoms. The number of carboxylic acid groups (broad SMARTS) is 2. The number of aliphatic carboxylic acids is 2. The Morgan fingerprint density at radius 3 is 1.73 bits per heavy atom. The second-order valence-electron chi connectivity index (χ2n) is 9.02. The van der Waals surface area contributed by atoms with Gasteiger partial charge in [-0.1, -0.05) is 96.6 Å². The summed E-state index contributed by atoms with van der Waals surface area (Å²) in [5.74, 6) is -3.99. The summed E-state index contributed by atoms with van der Waals surface area (Å²) in [6.07, 6.45) is 10.4. The maximum Gasteiger partial charge on any atom is 0.509 e. The molecule has 0 fully saturated rings. The van der Waals surface area contributed by atoms with Crippen molar-refractivity contribution >= 4 is 29.7 Å². The lowest BCUT2D eigenvalue weighted by Crippen LogP contribution is -2.36. The van der Waals surface area contributed by atoms with Gasteiger partial charge in [0.15, 0.2) is 6.07 Å². The molecule has 2 N–H and O–H groups in total. The van der Waals surface area contributed by atoms with Crippen molar-refractivity contribution in [3.63, 3.8) is 0 Å². The van der Waals surface area contributed by atoms with Crippen LogP contribution in [-0.4, -0.2) is 40.5 Å². The van der Waals surface area contributed by atoms with Gasteiger partial charge in [0.2, 0.25) is 0 Å². The van der Waals surface area contributed by atoms with Crippen LogP contribution in [0.25, 0.3) is 0 Å². The SMILES string of the molecule is CCCCCCCC[C@@H](C(=O)O)C(C)CC(C(=O)O)C(CCCCCCC)OC(=O)OCCl. The highest BCUT2D eigenvalue weighted by Crippen LogP contribution is 2.30. The molecule has 0 amide bonds. The number of carbonyl (C=O) groups is 3. The molecule has 7 nitrogen and oxygen atoms in total. The molecule has 0 aliphatic heterocycles. The fourth-order valence-corrected chi connectivity index (χ4v) is 4.35. The zero-order valence-electron chi connectivity index (χ0n) is 20.7. The van der Waals surface area contributed by atoms with Crippen LogP contribution in [0.1, 0.15) is 111 Å². The van der Waals surface area contributed by atoms with Crippen LogP contribution in [0.15, 0.2) is 0 Å². The third-order valence-electron chi connectivity index (χ3n) is 6.28. The van der Waals surface area contributed by atoms with Crippen LogP contribution in [0.3, 0.4) is 0 Å². The van der Waals surface area contributed by atoms with Gasteiger partial charge in [-0.3, -0.25) is 9.59 Å². The van der Waals surface area contributed by atoms with Crippen molar-refractivity contribution in [2.75, 3.05) is 6.07 Å². The lowest BCUT2D eigenvalue weighted by atomic mass is 9.80. The zero-order valence-corrected chi connectivity index (χ0v) is 21.5. The van der Waals surface area contributed by atoms with Crippen LogP contribution >= 0.6 is 11.6 Å². The topological polar surface area (TPSA) is 110 Å². The van der Waals surface area contributed by atoms with E-state index in [0.29, 0.717) is 12.8 Å². The molecular weight excluding hydrogens is 448 g/mol. The third kappa shape index (κ3) is 15.1. The van der Waals surface area contributed by atoms with Gasteiger partial charge < -0.3 is 19.7 Å². The molecule has 0 saturated carbocycles. The van der Waals surface area contributed by atoms with Crippen molar-refractivity contribution in [1.82, 2.24) is 0 Å². The maximum absolute atomic E-state index is 12.1. The highest BCUT2D eigenvalue weighted by atomic mass is 35.5. The number of alkyl halides is 1. The number of rotatable bonds is 21. The number of carbonyl (C=O) groups excluding carboxylic acids is 1. The number of halogens is 1. The van der Waals surface area contributed by atoms with E-state index < -0.39 is 36.0 Å². The summed E-state index contributed by atoms with van der Waals surface area (Å²) >= 11 is 5.43. The molecule has 0 heterocycles. The van der Waals surface area contributed by atoms with Gasteiger partial charge in [0.1, 0.15) is 6.10 Å². The average molecular weight is 493 g/mol. The molecule has 3 unspecified atom stereocenters. The summed E-state index contributed by atoms with van der Waals surface area (Å²) in [6.45, 7) is 6.04. The Bertz CT molecular complexity index is 541. The molecule has 0 aromatic heterocycles. The smallest absolute Gasteiger partial charge is 0.481 e. The van der Waals surface area contributed by atoms with Crippen LogP contribution in [0, 0.1) is 17.8 Å². The second kappa shape index (κ2) is 19.9.